The van der Waals surface area contributed by atoms with E-state index < -0.39 is 0 Å². The van der Waals surface area contributed by atoms with Crippen LogP contribution >= 0.6 is 0 Å². The van der Waals surface area contributed by atoms with E-state index in [1.807, 2.05) is 0 Å². The second-order valence-corrected chi connectivity index (χ2v) is 28.3. The molecule has 0 radical (unpaired) electrons. The van der Waals surface area contributed by atoms with Gasteiger partial charge in [0.2, 0.25) is 0 Å². The summed E-state index contributed by atoms with van der Waals surface area (Å²) in [5, 5.41) is 0. The largest absolute Gasteiger partial charge is 0.0622 e. The van der Waals surface area contributed by atoms with Gasteiger partial charge in [0.15, 0.2) is 0 Å². The fourth-order valence-electron chi connectivity index (χ4n) is 10.8. The molecule has 0 bridgehead atoms. The van der Waals surface area contributed by atoms with Gasteiger partial charge in [-0.1, -0.05) is 384 Å². The van der Waals surface area contributed by atoms with Crippen LogP contribution in [0.25, 0.3) is 0 Å². The molecule has 0 aliphatic heterocycles. The van der Waals surface area contributed by atoms with Gasteiger partial charge in [-0.05, 0) is 117 Å². The van der Waals surface area contributed by atoms with Crippen LogP contribution in [0.5, 0.6) is 0 Å². The Labute approximate surface area is 515 Å². The van der Waals surface area contributed by atoms with Gasteiger partial charge in [-0.3, -0.25) is 0 Å². The Balaban J connectivity index is 0.000000169. The number of hydrogen-bond donors (Lipinski definition) is 0. The quantitative estimate of drug-likeness (QED) is 0.120. The van der Waals surface area contributed by atoms with E-state index in [-0.39, 0.29) is 33.0 Å². The molecule has 438 valence electrons. The lowest BCUT2D eigenvalue weighted by Gasteiger charge is -2.25. The van der Waals surface area contributed by atoms with E-state index in [4.69, 9.17) is 0 Å². The molecule has 0 saturated carbocycles. The van der Waals surface area contributed by atoms with Crippen molar-refractivity contribution in [2.24, 2.45) is 0 Å². The SMILES string of the molecule is CC(C)(C)c1ccc(C(c2ccc(C(C)(C)C)cc2)c2ccc(C(C)(C)C)cc2)cc1.CC(C)(C)c1ccc(Cc2ccc(C(C)(C)C)cc2)cc1.CC(c1ccccc1)c1ccccc1.c1ccc(C(c2ccccc2)c2ccccc2)cc1. The van der Waals surface area contributed by atoms with Crippen molar-refractivity contribution >= 4 is 0 Å². The van der Waals surface area contributed by atoms with Crippen molar-refractivity contribution in [2.75, 3.05) is 0 Å². The molecule has 0 saturated heterocycles. The van der Waals surface area contributed by atoms with Gasteiger partial charge in [-0.25, -0.2) is 0 Å². The molecule has 0 aliphatic carbocycles. The third-order valence-corrected chi connectivity index (χ3v) is 16.4. The lowest BCUT2D eigenvalue weighted by atomic mass is 9.79. The first-order valence-corrected chi connectivity index (χ1v) is 31.0. The van der Waals surface area contributed by atoms with Crippen molar-refractivity contribution in [1.82, 2.24) is 0 Å². The summed E-state index contributed by atoms with van der Waals surface area (Å²) < 4.78 is 0. The van der Waals surface area contributed by atoms with Crippen molar-refractivity contribution in [2.45, 2.75) is 162 Å². The van der Waals surface area contributed by atoms with E-state index in [1.165, 1.54) is 83.5 Å². The summed E-state index contributed by atoms with van der Waals surface area (Å²) >= 11 is 0. The first-order chi connectivity index (χ1) is 40.3. The Morgan fingerprint density at radius 1 is 0.200 bits per heavy atom. The molecule has 0 amide bonds. The van der Waals surface area contributed by atoms with Crippen LogP contribution in [0.4, 0.5) is 0 Å². The highest BCUT2D eigenvalue weighted by atomic mass is 14.3. The summed E-state index contributed by atoms with van der Waals surface area (Å²) in [5.74, 6) is 1.03. The van der Waals surface area contributed by atoms with Crippen molar-refractivity contribution in [3.63, 3.8) is 0 Å². The molecular formula is C85H98. The zero-order valence-electron chi connectivity index (χ0n) is 54.4. The highest BCUT2D eigenvalue weighted by molar-refractivity contribution is 5.47. The lowest BCUT2D eigenvalue weighted by Crippen LogP contribution is -2.13. The van der Waals surface area contributed by atoms with Gasteiger partial charge in [0.05, 0.1) is 0 Å². The third-order valence-electron chi connectivity index (χ3n) is 16.4. The molecule has 0 heterocycles. The van der Waals surface area contributed by atoms with Crippen LogP contribution in [-0.4, -0.2) is 0 Å². The zero-order valence-corrected chi connectivity index (χ0v) is 54.4. The molecule has 10 aromatic rings. The Morgan fingerprint density at radius 2 is 0.365 bits per heavy atom. The third kappa shape index (κ3) is 19.1. The van der Waals surface area contributed by atoms with Gasteiger partial charge in [0.1, 0.15) is 0 Å². The Bertz CT molecular complexity index is 3160. The standard InChI is InChI=1S/C31H40.C21H28.C19H16.C14H14/c1-29(2,3)25-16-10-22(11-17-25)28(23-12-18-26(19-13-23)30(4,5)6)24-14-20-27(21-15-24)31(7,8)9;1-20(2,3)18-11-7-16(8-12-18)15-17-9-13-19(14-10-17)21(4,5)6;1-4-10-16(11-5-1)19(17-12-6-2-7-13-17)18-14-8-3-9-15-18;1-12(13-8-4-2-5-9-13)14-10-6-3-7-11-14/h10-21,28H,1-9H3;7-14H,15H2,1-6H3;1-15,19H;2-12H,1H3. The molecule has 10 rings (SSSR count). The molecule has 10 aromatic carbocycles. The number of rotatable bonds is 10. The fourth-order valence-corrected chi connectivity index (χ4v) is 10.8. The molecule has 0 nitrogen and oxygen atoms in total. The first-order valence-electron chi connectivity index (χ1n) is 31.0. The molecule has 0 spiro atoms. The van der Waals surface area contributed by atoms with E-state index in [9.17, 15) is 0 Å². The minimum atomic E-state index is 0.163. The predicted octanol–water partition coefficient (Wildman–Crippen LogP) is 23.3. The highest BCUT2D eigenvalue weighted by Gasteiger charge is 2.23. The van der Waals surface area contributed by atoms with Gasteiger partial charge in [-0.15, -0.1) is 0 Å². The van der Waals surface area contributed by atoms with Gasteiger partial charge < -0.3 is 0 Å². The van der Waals surface area contributed by atoms with Crippen molar-refractivity contribution in [3.05, 3.63) is 356 Å². The summed E-state index contributed by atoms with van der Waals surface area (Å²) in [7, 11) is 0. The summed E-state index contributed by atoms with van der Waals surface area (Å²) in [6.45, 7) is 36.2. The van der Waals surface area contributed by atoms with Crippen LogP contribution in [-0.2, 0) is 33.5 Å². The average molecular weight is 1120 g/mol. The summed E-state index contributed by atoms with van der Waals surface area (Å²) in [6.07, 6.45) is 1.01. The molecule has 85 heavy (non-hydrogen) atoms. The molecule has 0 unspecified atom stereocenters. The molecular weight excluding hydrogens is 1020 g/mol. The number of benzene rings is 10. The molecule has 0 atom stereocenters. The Hall–Kier alpha value is -7.80. The first kappa shape index (κ1) is 64.8. The predicted molar refractivity (Wildman–Crippen MR) is 370 cm³/mol. The van der Waals surface area contributed by atoms with Crippen LogP contribution in [0.2, 0.25) is 0 Å². The second-order valence-electron chi connectivity index (χ2n) is 28.3. The van der Waals surface area contributed by atoms with Gasteiger partial charge >= 0.3 is 0 Å². The Morgan fingerprint density at radius 3 is 0.553 bits per heavy atom. The van der Waals surface area contributed by atoms with Crippen LogP contribution < -0.4 is 0 Å². The van der Waals surface area contributed by atoms with E-state index in [2.05, 4.69) is 384 Å². The van der Waals surface area contributed by atoms with Crippen LogP contribution in [0.15, 0.2) is 273 Å². The molecule has 0 aromatic heterocycles. The fraction of sp³-hybridized carbons (Fsp3) is 0.294. The van der Waals surface area contributed by atoms with Crippen LogP contribution in [0.3, 0.4) is 0 Å². The maximum Gasteiger partial charge on any atom is 0.0339 e. The molecule has 0 aliphatic rings. The smallest absolute Gasteiger partial charge is 0.0339 e. The maximum atomic E-state index is 2.32. The maximum absolute atomic E-state index is 2.32. The van der Waals surface area contributed by atoms with Crippen LogP contribution in [0.1, 0.15) is 212 Å². The lowest BCUT2D eigenvalue weighted by molar-refractivity contribution is 0.589. The van der Waals surface area contributed by atoms with Crippen LogP contribution in [0, 0.1) is 0 Å². The average Bonchev–Trinajstić information content (AvgIpc) is 3.61. The van der Waals surface area contributed by atoms with E-state index in [0.29, 0.717) is 11.8 Å². The topological polar surface area (TPSA) is 0 Å². The van der Waals surface area contributed by atoms with Gasteiger partial charge in [0.25, 0.3) is 0 Å². The van der Waals surface area contributed by atoms with E-state index >= 15 is 0 Å². The molecule has 0 heteroatoms. The van der Waals surface area contributed by atoms with Crippen molar-refractivity contribution < 1.29 is 0 Å². The summed E-state index contributed by atoms with van der Waals surface area (Å²) in [4.78, 5) is 0. The van der Waals surface area contributed by atoms with Crippen molar-refractivity contribution in [1.29, 1.82) is 0 Å². The van der Waals surface area contributed by atoms with Crippen molar-refractivity contribution in [3.8, 4) is 0 Å². The minimum Gasteiger partial charge on any atom is -0.0622 e. The second kappa shape index (κ2) is 28.9. The van der Waals surface area contributed by atoms with E-state index in [1.54, 1.807) is 0 Å². The van der Waals surface area contributed by atoms with Gasteiger partial charge in [0, 0.05) is 17.8 Å². The minimum absolute atomic E-state index is 0.163. The Kier molecular flexibility index (Phi) is 22.0. The number of hydrogen-bond acceptors (Lipinski definition) is 0. The molecule has 0 fully saturated rings. The molecule has 0 N–H and O–H groups in total. The normalized spacial score (nSPS) is 11.9. The highest BCUT2D eigenvalue weighted by Crippen LogP contribution is 2.37. The summed E-state index contributed by atoms with van der Waals surface area (Å²) in [5.41, 5.74) is 21.4. The van der Waals surface area contributed by atoms with E-state index in [0.717, 1.165) is 6.42 Å². The summed E-state index contributed by atoms with van der Waals surface area (Å²) in [6, 6.07) is 99.0. The zero-order chi connectivity index (χ0) is 61.4. The monoisotopic (exact) mass is 1120 g/mol. The van der Waals surface area contributed by atoms with Gasteiger partial charge in [-0.2, -0.15) is 0 Å².